The maximum atomic E-state index is 12.7. The summed E-state index contributed by atoms with van der Waals surface area (Å²) in [6.45, 7) is 7.48. The van der Waals surface area contributed by atoms with Crippen molar-refractivity contribution in [1.82, 2.24) is 20.1 Å². The van der Waals surface area contributed by atoms with Crippen LogP contribution in [0.15, 0.2) is 24.4 Å². The molecule has 0 aliphatic carbocycles. The summed E-state index contributed by atoms with van der Waals surface area (Å²) >= 11 is 0. The molecule has 1 atom stereocenters. The second kappa shape index (κ2) is 7.58. The molecular formula is C20H27N5O2. The fraction of sp³-hybridized carbons (Fsp3) is 0.550. The van der Waals surface area contributed by atoms with Crippen LogP contribution in [-0.4, -0.2) is 58.3 Å². The number of anilines is 1. The molecule has 2 saturated heterocycles. The highest BCUT2D eigenvalue weighted by Crippen LogP contribution is 2.30. The van der Waals surface area contributed by atoms with Gasteiger partial charge >= 0.3 is 0 Å². The predicted octanol–water partition coefficient (Wildman–Crippen LogP) is 2.82. The molecule has 144 valence electrons. The van der Waals surface area contributed by atoms with Crippen molar-refractivity contribution in [2.45, 2.75) is 45.1 Å². The molecule has 0 spiro atoms. The van der Waals surface area contributed by atoms with Crippen molar-refractivity contribution in [3.63, 3.8) is 0 Å². The molecule has 7 nitrogen and oxygen atoms in total. The summed E-state index contributed by atoms with van der Waals surface area (Å²) in [5, 5.41) is 7.14. The molecule has 2 aromatic rings. The third-order valence-corrected chi connectivity index (χ3v) is 5.32. The van der Waals surface area contributed by atoms with Crippen LogP contribution >= 0.6 is 0 Å². The van der Waals surface area contributed by atoms with Gasteiger partial charge in [-0.2, -0.15) is 5.10 Å². The van der Waals surface area contributed by atoms with Crippen LogP contribution in [-0.2, 0) is 0 Å². The van der Waals surface area contributed by atoms with Crippen molar-refractivity contribution in [2.24, 2.45) is 0 Å². The van der Waals surface area contributed by atoms with Crippen molar-refractivity contribution in [3.8, 4) is 5.75 Å². The number of amides is 1. The molecule has 4 rings (SSSR count). The molecule has 7 heteroatoms. The number of hydrogen-bond acceptors (Lipinski definition) is 5. The number of hydrogen-bond donors (Lipinski definition) is 1. The number of nitrogens with zero attached hydrogens (tertiary/aromatic N) is 4. The molecule has 4 heterocycles. The van der Waals surface area contributed by atoms with Gasteiger partial charge in [0.1, 0.15) is 11.8 Å². The minimum absolute atomic E-state index is 0.0111. The fourth-order valence-corrected chi connectivity index (χ4v) is 3.73. The number of ether oxygens (including phenoxy) is 1. The third kappa shape index (κ3) is 3.77. The van der Waals surface area contributed by atoms with E-state index in [0.717, 1.165) is 36.8 Å². The molecule has 2 aromatic heterocycles. The van der Waals surface area contributed by atoms with Gasteiger partial charge in [-0.05, 0) is 37.0 Å². The molecule has 2 aliphatic rings. The monoisotopic (exact) mass is 369 g/mol. The molecule has 0 radical (unpaired) electrons. The Morgan fingerprint density at radius 2 is 2.11 bits per heavy atom. The first kappa shape index (κ1) is 17.8. The Morgan fingerprint density at radius 3 is 2.85 bits per heavy atom. The summed E-state index contributed by atoms with van der Waals surface area (Å²) in [4.78, 5) is 21.4. The van der Waals surface area contributed by atoms with Gasteiger partial charge in [-0.3, -0.25) is 9.89 Å². The van der Waals surface area contributed by atoms with Gasteiger partial charge in [0.2, 0.25) is 0 Å². The van der Waals surface area contributed by atoms with Crippen LogP contribution in [0.3, 0.4) is 0 Å². The number of H-pyrrole nitrogens is 1. The molecule has 0 saturated carbocycles. The predicted molar refractivity (Wildman–Crippen MR) is 103 cm³/mol. The second-order valence-corrected chi connectivity index (χ2v) is 7.66. The number of carbonyl (C=O) groups excluding carboxylic acids is 1. The lowest BCUT2D eigenvalue weighted by molar-refractivity contribution is 0.0766. The van der Waals surface area contributed by atoms with E-state index in [1.54, 1.807) is 0 Å². The van der Waals surface area contributed by atoms with Crippen molar-refractivity contribution in [2.75, 3.05) is 31.1 Å². The van der Waals surface area contributed by atoms with Gasteiger partial charge < -0.3 is 14.5 Å². The van der Waals surface area contributed by atoms with E-state index < -0.39 is 0 Å². The quantitative estimate of drug-likeness (QED) is 0.877. The molecular weight excluding hydrogens is 342 g/mol. The van der Waals surface area contributed by atoms with Crippen molar-refractivity contribution in [1.29, 1.82) is 0 Å². The Morgan fingerprint density at radius 1 is 1.30 bits per heavy atom. The van der Waals surface area contributed by atoms with Crippen LogP contribution in [0, 0.1) is 0 Å². The lowest BCUT2D eigenvalue weighted by atomic mass is 10.1. The molecule has 2 fully saturated rings. The first-order valence-electron chi connectivity index (χ1n) is 9.83. The number of aromatic amines is 1. The van der Waals surface area contributed by atoms with Crippen LogP contribution in [0.5, 0.6) is 5.75 Å². The fourth-order valence-electron chi connectivity index (χ4n) is 3.73. The number of carbonyl (C=O) groups is 1. The smallest absolute Gasteiger partial charge is 0.274 e. The van der Waals surface area contributed by atoms with E-state index in [-0.39, 0.29) is 12.0 Å². The van der Waals surface area contributed by atoms with Crippen molar-refractivity contribution in [3.05, 3.63) is 35.8 Å². The summed E-state index contributed by atoms with van der Waals surface area (Å²) in [5.41, 5.74) is 1.47. The van der Waals surface area contributed by atoms with Crippen LogP contribution in [0.4, 0.5) is 5.82 Å². The number of nitrogens with one attached hydrogen (secondary N) is 1. The van der Waals surface area contributed by atoms with E-state index in [9.17, 15) is 4.79 Å². The van der Waals surface area contributed by atoms with Gasteiger partial charge in [-0.1, -0.05) is 13.8 Å². The normalized spacial score (nSPS) is 19.9. The van der Waals surface area contributed by atoms with E-state index in [1.165, 1.54) is 12.8 Å². The highest BCUT2D eigenvalue weighted by molar-refractivity contribution is 5.92. The number of pyridine rings is 1. The number of likely N-dealkylation sites (tertiary alicyclic amines) is 1. The van der Waals surface area contributed by atoms with Crippen LogP contribution in [0.25, 0.3) is 0 Å². The Kier molecular flexibility index (Phi) is 5.01. The average Bonchev–Trinajstić information content (AvgIpc) is 3.42. The molecule has 0 unspecified atom stereocenters. The van der Waals surface area contributed by atoms with Gasteiger partial charge in [0.15, 0.2) is 11.6 Å². The molecule has 0 aromatic carbocycles. The van der Waals surface area contributed by atoms with Gasteiger partial charge in [0, 0.05) is 37.9 Å². The first-order valence-corrected chi connectivity index (χ1v) is 9.83. The molecule has 0 bridgehead atoms. The average molecular weight is 369 g/mol. The van der Waals surface area contributed by atoms with Gasteiger partial charge in [-0.25, -0.2) is 4.98 Å². The van der Waals surface area contributed by atoms with Crippen LogP contribution < -0.4 is 9.64 Å². The molecule has 27 heavy (non-hydrogen) atoms. The summed E-state index contributed by atoms with van der Waals surface area (Å²) < 4.78 is 6.25. The summed E-state index contributed by atoms with van der Waals surface area (Å²) in [6, 6.07) is 5.74. The largest absolute Gasteiger partial charge is 0.485 e. The van der Waals surface area contributed by atoms with Gasteiger partial charge in [0.05, 0.1) is 6.54 Å². The van der Waals surface area contributed by atoms with E-state index >= 15 is 0 Å². The second-order valence-electron chi connectivity index (χ2n) is 7.66. The summed E-state index contributed by atoms with van der Waals surface area (Å²) in [6.07, 6.45) is 5.02. The topological polar surface area (TPSA) is 74.4 Å². The minimum atomic E-state index is -0.0322. The first-order chi connectivity index (χ1) is 13.1. The highest BCUT2D eigenvalue weighted by atomic mass is 16.5. The Hall–Kier alpha value is -2.57. The van der Waals surface area contributed by atoms with Crippen LogP contribution in [0.1, 0.15) is 55.2 Å². The lowest BCUT2D eigenvalue weighted by Gasteiger charge is -2.22. The Balaban J connectivity index is 1.40. The third-order valence-electron chi connectivity index (χ3n) is 5.32. The number of aromatic nitrogens is 3. The minimum Gasteiger partial charge on any atom is -0.485 e. The molecule has 1 amide bonds. The van der Waals surface area contributed by atoms with E-state index in [4.69, 9.17) is 4.74 Å². The van der Waals surface area contributed by atoms with Crippen molar-refractivity contribution < 1.29 is 9.53 Å². The number of rotatable bonds is 5. The summed E-state index contributed by atoms with van der Waals surface area (Å²) in [7, 11) is 0. The Labute approximate surface area is 159 Å². The van der Waals surface area contributed by atoms with E-state index in [2.05, 4.69) is 33.9 Å². The van der Waals surface area contributed by atoms with E-state index in [1.807, 2.05) is 29.3 Å². The SMILES string of the molecule is CC(C)c1cc(C(=O)N2CC[C@@H](Oc3cccnc3N3CCCC3)C2)n[nH]1. The van der Waals surface area contributed by atoms with Crippen molar-refractivity contribution >= 4 is 11.7 Å². The zero-order chi connectivity index (χ0) is 18.8. The van der Waals surface area contributed by atoms with Gasteiger partial charge in [0.25, 0.3) is 5.91 Å². The van der Waals surface area contributed by atoms with Crippen LogP contribution in [0.2, 0.25) is 0 Å². The Bertz CT molecular complexity index is 797. The highest BCUT2D eigenvalue weighted by Gasteiger charge is 2.30. The molecule has 2 aliphatic heterocycles. The summed E-state index contributed by atoms with van der Waals surface area (Å²) in [5.74, 6) is 2.03. The molecule has 1 N–H and O–H groups in total. The zero-order valence-corrected chi connectivity index (χ0v) is 16.0. The van der Waals surface area contributed by atoms with E-state index in [0.29, 0.717) is 24.7 Å². The lowest BCUT2D eigenvalue weighted by Crippen LogP contribution is -2.31. The standard InChI is InChI=1S/C20H27N5O2/c1-14(2)16-12-17(23-22-16)20(26)25-11-7-15(13-25)27-18-6-5-8-21-19(18)24-9-3-4-10-24/h5-6,8,12,14-15H,3-4,7,9-11,13H2,1-2H3,(H,22,23)/t15-/m1/s1. The zero-order valence-electron chi connectivity index (χ0n) is 16.0. The maximum Gasteiger partial charge on any atom is 0.274 e. The maximum absolute atomic E-state index is 12.7. The van der Waals surface area contributed by atoms with Gasteiger partial charge in [-0.15, -0.1) is 0 Å².